The van der Waals surface area contributed by atoms with Gasteiger partial charge in [0.15, 0.2) is 0 Å². The number of rotatable bonds is 3. The number of benzene rings is 1. The van der Waals surface area contributed by atoms with E-state index in [4.69, 9.17) is 0 Å². The lowest BCUT2D eigenvalue weighted by atomic mass is 10.1. The van der Waals surface area contributed by atoms with Crippen molar-refractivity contribution in [3.05, 3.63) is 59.8 Å². The third kappa shape index (κ3) is 2.95. The molecule has 27 heavy (non-hydrogen) atoms. The maximum Gasteiger partial charge on any atom is 0.274 e. The normalized spacial score (nSPS) is 17.9. The highest BCUT2D eigenvalue weighted by molar-refractivity contribution is 6.22. The molecule has 7 nitrogen and oxygen atoms in total. The molecule has 1 saturated heterocycles. The molecule has 2 aliphatic rings. The summed E-state index contributed by atoms with van der Waals surface area (Å²) in [7, 11) is 0. The van der Waals surface area contributed by atoms with E-state index in [1.54, 1.807) is 36.1 Å². The van der Waals surface area contributed by atoms with Crippen LogP contribution in [0.15, 0.2) is 48.7 Å². The Labute approximate surface area is 157 Å². The van der Waals surface area contributed by atoms with E-state index in [0.29, 0.717) is 37.3 Å². The third-order valence-corrected chi connectivity index (χ3v) is 5.19. The second-order valence-corrected chi connectivity index (χ2v) is 6.76. The van der Waals surface area contributed by atoms with Crippen LogP contribution in [0.4, 0.5) is 5.82 Å². The maximum absolute atomic E-state index is 12.9. The Balaban J connectivity index is 1.44. The van der Waals surface area contributed by atoms with Crippen LogP contribution in [-0.4, -0.2) is 59.7 Å². The topological polar surface area (TPSA) is 75.1 Å². The lowest BCUT2D eigenvalue weighted by Crippen LogP contribution is -2.55. The number of pyridine rings is 1. The van der Waals surface area contributed by atoms with Crippen LogP contribution in [-0.2, 0) is 4.79 Å². The predicted octanol–water partition coefficient (Wildman–Crippen LogP) is 0.834. The molecule has 4 rings (SSSR count). The summed E-state index contributed by atoms with van der Waals surface area (Å²) in [5, 5.41) is 0. The number of nitrogens with zero attached hydrogens (tertiary/aromatic N) is 3. The first-order valence-corrected chi connectivity index (χ1v) is 9.05. The van der Waals surface area contributed by atoms with E-state index in [9.17, 15) is 14.4 Å². The van der Waals surface area contributed by atoms with E-state index in [1.165, 1.54) is 0 Å². The first-order chi connectivity index (χ1) is 13.1. The second kappa shape index (κ2) is 6.83. The van der Waals surface area contributed by atoms with Crippen LogP contribution in [0, 0.1) is 0 Å². The monoisotopic (exact) mass is 365 g/mol. The average Bonchev–Trinajstić information content (AvgIpc) is 2.98. The highest BCUT2D eigenvalue weighted by Crippen LogP contribution is 2.25. The lowest BCUT2D eigenvalue weighted by Gasteiger charge is -2.34. The molecule has 1 fully saturated rings. The number of imide groups is 1. The van der Waals surface area contributed by atoms with Gasteiger partial charge in [-0.05, 0) is 25.1 Å². The summed E-state index contributed by atoms with van der Waals surface area (Å²) >= 11 is 0. The molecular formula is C20H21N4O3+. The summed E-state index contributed by atoms with van der Waals surface area (Å²) in [6.45, 7) is 4.12. The number of aromatic nitrogens is 1. The van der Waals surface area contributed by atoms with Gasteiger partial charge in [-0.1, -0.05) is 18.2 Å². The Morgan fingerprint density at radius 2 is 1.52 bits per heavy atom. The molecule has 0 unspecified atom stereocenters. The standard InChI is InChI=1S/C20H20N4O3/c1-14(24-19(26)15-6-2-3-7-16(15)20(24)27)18(25)23-12-10-22(11-13-23)17-8-4-5-9-21-17/h2-9,14H,10-13H2,1H3/p+1/t14-/m1/s1. The van der Waals surface area contributed by atoms with E-state index in [2.05, 4.69) is 9.88 Å². The molecule has 7 heteroatoms. The van der Waals surface area contributed by atoms with Crippen molar-refractivity contribution >= 4 is 23.5 Å². The number of hydrogen-bond donors (Lipinski definition) is 0. The Kier molecular flexibility index (Phi) is 4.35. The fourth-order valence-corrected chi connectivity index (χ4v) is 3.68. The molecule has 3 heterocycles. The highest BCUT2D eigenvalue weighted by atomic mass is 16.2. The number of anilines is 1. The van der Waals surface area contributed by atoms with Crippen LogP contribution < -0.4 is 9.88 Å². The molecule has 2 aliphatic heterocycles. The number of carbonyl (C=O) groups is 3. The third-order valence-electron chi connectivity index (χ3n) is 5.19. The summed E-state index contributed by atoms with van der Waals surface area (Å²) in [5.74, 6) is 0.0298. The van der Waals surface area contributed by atoms with Crippen molar-refractivity contribution in [2.75, 3.05) is 31.1 Å². The number of nitrogens with one attached hydrogen (secondary N) is 1. The van der Waals surface area contributed by atoms with Gasteiger partial charge in [0.1, 0.15) is 19.1 Å². The number of hydrogen-bond acceptors (Lipinski definition) is 4. The van der Waals surface area contributed by atoms with Crippen LogP contribution in [0.1, 0.15) is 27.6 Å². The van der Waals surface area contributed by atoms with Crippen molar-refractivity contribution in [1.82, 2.24) is 9.80 Å². The lowest BCUT2D eigenvalue weighted by molar-refractivity contribution is -0.364. The van der Waals surface area contributed by atoms with E-state index in [-0.39, 0.29) is 5.91 Å². The Morgan fingerprint density at radius 1 is 0.926 bits per heavy atom. The first-order valence-electron chi connectivity index (χ1n) is 9.05. The second-order valence-electron chi connectivity index (χ2n) is 6.76. The zero-order valence-corrected chi connectivity index (χ0v) is 15.1. The van der Waals surface area contributed by atoms with E-state index >= 15 is 0 Å². The van der Waals surface area contributed by atoms with E-state index < -0.39 is 17.9 Å². The van der Waals surface area contributed by atoms with Gasteiger partial charge >= 0.3 is 0 Å². The van der Waals surface area contributed by atoms with Gasteiger partial charge in [-0.15, -0.1) is 0 Å². The predicted molar refractivity (Wildman–Crippen MR) is 98.2 cm³/mol. The van der Waals surface area contributed by atoms with Crippen LogP contribution in [0.2, 0.25) is 0 Å². The molecule has 0 bridgehead atoms. The van der Waals surface area contributed by atoms with Gasteiger partial charge in [0.25, 0.3) is 17.6 Å². The molecule has 0 aliphatic carbocycles. The van der Waals surface area contributed by atoms with Gasteiger partial charge in [-0.3, -0.25) is 24.2 Å². The summed E-state index contributed by atoms with van der Waals surface area (Å²) in [4.78, 5) is 46.3. The smallest absolute Gasteiger partial charge is 0.274 e. The number of carbonyl (C=O) groups excluding carboxylic acids is 3. The van der Waals surface area contributed by atoms with E-state index in [1.807, 2.05) is 24.4 Å². The Morgan fingerprint density at radius 3 is 2.07 bits per heavy atom. The van der Waals surface area contributed by atoms with Crippen LogP contribution in [0.3, 0.4) is 0 Å². The number of piperazine rings is 1. The molecule has 1 N–H and O–H groups in total. The van der Waals surface area contributed by atoms with Gasteiger partial charge in [0, 0.05) is 6.07 Å². The van der Waals surface area contributed by atoms with Crippen molar-refractivity contribution < 1.29 is 19.4 Å². The van der Waals surface area contributed by atoms with Gasteiger partial charge in [0.05, 0.1) is 30.4 Å². The number of aromatic amines is 1. The van der Waals surface area contributed by atoms with Gasteiger partial charge in [0.2, 0.25) is 5.91 Å². The van der Waals surface area contributed by atoms with Crippen LogP contribution in [0.5, 0.6) is 0 Å². The first kappa shape index (κ1) is 17.2. The molecule has 0 spiro atoms. The molecule has 1 aromatic heterocycles. The molecule has 1 aromatic carbocycles. The van der Waals surface area contributed by atoms with Gasteiger partial charge in [-0.2, -0.15) is 0 Å². The molecule has 3 amide bonds. The SMILES string of the molecule is C[C@H](C(=O)N1CCN(c2cccc[nH+]2)CC1)N1C(=O)c2ccccc2C1=O. The fourth-order valence-electron chi connectivity index (χ4n) is 3.68. The zero-order valence-electron chi connectivity index (χ0n) is 15.1. The zero-order chi connectivity index (χ0) is 19.0. The fraction of sp³-hybridized carbons (Fsp3) is 0.300. The summed E-state index contributed by atoms with van der Waals surface area (Å²) in [5.41, 5.74) is 0.734. The van der Waals surface area contributed by atoms with Crippen molar-refractivity contribution in [1.29, 1.82) is 0 Å². The van der Waals surface area contributed by atoms with Crippen molar-refractivity contribution in [3.8, 4) is 0 Å². The van der Waals surface area contributed by atoms with Crippen LogP contribution in [0.25, 0.3) is 0 Å². The largest absolute Gasteiger partial charge is 0.333 e. The molecule has 2 aromatic rings. The molecule has 138 valence electrons. The van der Waals surface area contributed by atoms with Crippen LogP contribution >= 0.6 is 0 Å². The minimum atomic E-state index is -0.813. The van der Waals surface area contributed by atoms with E-state index in [0.717, 1.165) is 10.7 Å². The highest BCUT2D eigenvalue weighted by Gasteiger charge is 2.42. The number of amides is 3. The molecule has 0 saturated carbocycles. The summed E-state index contributed by atoms with van der Waals surface area (Å²) < 4.78 is 0. The Bertz CT molecular complexity index is 856. The van der Waals surface area contributed by atoms with Gasteiger partial charge < -0.3 is 4.90 Å². The Hall–Kier alpha value is -3.22. The maximum atomic E-state index is 12.9. The van der Waals surface area contributed by atoms with Crippen molar-refractivity contribution in [3.63, 3.8) is 0 Å². The molecular weight excluding hydrogens is 344 g/mol. The van der Waals surface area contributed by atoms with Gasteiger partial charge in [-0.25, -0.2) is 4.98 Å². The number of fused-ring (bicyclic) bond motifs is 1. The van der Waals surface area contributed by atoms with Crippen molar-refractivity contribution in [2.24, 2.45) is 0 Å². The quantitative estimate of drug-likeness (QED) is 0.756. The minimum Gasteiger partial charge on any atom is -0.333 e. The average molecular weight is 365 g/mol. The van der Waals surface area contributed by atoms with Crippen molar-refractivity contribution in [2.45, 2.75) is 13.0 Å². The number of H-pyrrole nitrogens is 1. The molecule has 0 radical (unpaired) electrons. The molecule has 1 atom stereocenters. The summed E-state index contributed by atoms with van der Waals surface area (Å²) in [6, 6.07) is 11.8. The minimum absolute atomic E-state index is 0.193. The summed E-state index contributed by atoms with van der Waals surface area (Å²) in [6.07, 6.45) is 1.87.